The molecule has 1 atom stereocenters. The molecule has 1 unspecified atom stereocenters. The molecule has 0 radical (unpaired) electrons. The second kappa shape index (κ2) is 6.51. The molecule has 1 aromatic carbocycles. The van der Waals surface area contributed by atoms with Gasteiger partial charge in [-0.15, -0.1) is 0 Å². The number of ether oxygens (including phenoxy) is 1. The first-order valence-corrected chi connectivity index (χ1v) is 7.46. The summed E-state index contributed by atoms with van der Waals surface area (Å²) in [7, 11) is 1.63. The second-order valence-corrected chi connectivity index (χ2v) is 5.14. The lowest BCUT2D eigenvalue weighted by atomic mass is 10.2. The van der Waals surface area contributed by atoms with E-state index in [1.54, 1.807) is 13.3 Å². The average Bonchev–Trinajstić information content (AvgIpc) is 3.24. The summed E-state index contributed by atoms with van der Waals surface area (Å²) >= 11 is 0. The van der Waals surface area contributed by atoms with E-state index in [-0.39, 0.29) is 6.04 Å². The van der Waals surface area contributed by atoms with Crippen molar-refractivity contribution in [2.75, 3.05) is 12.4 Å². The van der Waals surface area contributed by atoms with Crippen molar-refractivity contribution in [2.45, 2.75) is 26.4 Å². The zero-order valence-electron chi connectivity index (χ0n) is 13.4. The van der Waals surface area contributed by atoms with Gasteiger partial charge in [-0.2, -0.15) is 10.1 Å². The van der Waals surface area contributed by atoms with Gasteiger partial charge in [0.2, 0.25) is 11.7 Å². The lowest BCUT2D eigenvalue weighted by Gasteiger charge is -2.08. The molecule has 3 rings (SSSR count). The van der Waals surface area contributed by atoms with Gasteiger partial charge in [-0.1, -0.05) is 5.16 Å². The molecule has 2 heterocycles. The van der Waals surface area contributed by atoms with Crippen molar-refractivity contribution in [3.05, 3.63) is 42.5 Å². The quantitative estimate of drug-likeness (QED) is 0.753. The van der Waals surface area contributed by atoms with Crippen LogP contribution >= 0.6 is 0 Å². The van der Waals surface area contributed by atoms with Gasteiger partial charge in [-0.25, -0.2) is 0 Å². The third-order valence-corrected chi connectivity index (χ3v) is 3.50. The van der Waals surface area contributed by atoms with Crippen LogP contribution in [-0.2, 0) is 6.54 Å². The largest absolute Gasteiger partial charge is 0.497 e. The van der Waals surface area contributed by atoms with E-state index >= 15 is 0 Å². The molecule has 0 saturated heterocycles. The van der Waals surface area contributed by atoms with Crippen LogP contribution < -0.4 is 10.1 Å². The maximum absolute atomic E-state index is 5.36. The molecule has 0 fully saturated rings. The fourth-order valence-electron chi connectivity index (χ4n) is 2.19. The highest BCUT2D eigenvalue weighted by atomic mass is 16.5. The summed E-state index contributed by atoms with van der Waals surface area (Å²) in [5.41, 5.74) is 1.80. The summed E-state index contributed by atoms with van der Waals surface area (Å²) in [5, 5.41) is 11.6. The Morgan fingerprint density at radius 1 is 1.30 bits per heavy atom. The van der Waals surface area contributed by atoms with Gasteiger partial charge in [0, 0.05) is 18.3 Å². The minimum Gasteiger partial charge on any atom is -0.497 e. The van der Waals surface area contributed by atoms with E-state index in [4.69, 9.17) is 9.26 Å². The highest BCUT2D eigenvalue weighted by Gasteiger charge is 2.15. The van der Waals surface area contributed by atoms with Gasteiger partial charge in [0.05, 0.1) is 19.0 Å². The van der Waals surface area contributed by atoms with Gasteiger partial charge in [0.1, 0.15) is 11.8 Å². The normalized spacial score (nSPS) is 12.1. The van der Waals surface area contributed by atoms with Gasteiger partial charge in [0.15, 0.2) is 0 Å². The summed E-state index contributed by atoms with van der Waals surface area (Å²) in [6, 6.07) is 7.43. The van der Waals surface area contributed by atoms with Crippen LogP contribution in [0.3, 0.4) is 0 Å². The smallest absolute Gasteiger partial charge is 0.249 e. The Kier molecular flexibility index (Phi) is 4.27. The molecular weight excluding hydrogens is 294 g/mol. The van der Waals surface area contributed by atoms with Crippen molar-refractivity contribution in [3.63, 3.8) is 0 Å². The second-order valence-electron chi connectivity index (χ2n) is 5.14. The van der Waals surface area contributed by atoms with Gasteiger partial charge >= 0.3 is 0 Å². The van der Waals surface area contributed by atoms with Crippen molar-refractivity contribution >= 4 is 5.69 Å². The third kappa shape index (κ3) is 3.33. The maximum Gasteiger partial charge on any atom is 0.249 e. The molecule has 7 heteroatoms. The number of hydrogen-bond donors (Lipinski definition) is 1. The molecule has 0 saturated carbocycles. The molecule has 0 aliphatic carbocycles. The zero-order chi connectivity index (χ0) is 16.2. The van der Waals surface area contributed by atoms with Crippen LogP contribution in [-0.4, -0.2) is 27.0 Å². The topological polar surface area (TPSA) is 78.0 Å². The molecule has 0 bridgehead atoms. The van der Waals surface area contributed by atoms with Crippen LogP contribution in [0.1, 0.15) is 25.8 Å². The van der Waals surface area contributed by atoms with E-state index in [2.05, 4.69) is 20.6 Å². The Balaban J connectivity index is 1.72. The van der Waals surface area contributed by atoms with Crippen molar-refractivity contribution in [1.29, 1.82) is 0 Å². The van der Waals surface area contributed by atoms with Crippen LogP contribution in [0.15, 0.2) is 41.2 Å². The highest BCUT2D eigenvalue weighted by Crippen LogP contribution is 2.23. The minimum absolute atomic E-state index is 0.107. The molecule has 120 valence electrons. The first-order chi connectivity index (χ1) is 11.2. The molecule has 23 heavy (non-hydrogen) atoms. The average molecular weight is 313 g/mol. The predicted octanol–water partition coefficient (Wildman–Crippen LogP) is 3.13. The summed E-state index contributed by atoms with van der Waals surface area (Å²) in [4.78, 5) is 4.45. The van der Waals surface area contributed by atoms with Gasteiger partial charge in [-0.3, -0.25) is 4.68 Å². The number of rotatable bonds is 6. The van der Waals surface area contributed by atoms with Gasteiger partial charge in [-0.05, 0) is 38.1 Å². The molecule has 0 amide bonds. The van der Waals surface area contributed by atoms with E-state index < -0.39 is 0 Å². The van der Waals surface area contributed by atoms with Crippen molar-refractivity contribution < 1.29 is 9.26 Å². The number of hydrogen-bond acceptors (Lipinski definition) is 6. The highest BCUT2D eigenvalue weighted by molar-refractivity contribution is 5.55. The summed E-state index contributed by atoms with van der Waals surface area (Å²) in [5.74, 6) is 1.88. The fourth-order valence-corrected chi connectivity index (χ4v) is 2.19. The lowest BCUT2D eigenvalue weighted by molar-refractivity contribution is 0.368. The first-order valence-electron chi connectivity index (χ1n) is 7.46. The summed E-state index contributed by atoms with van der Waals surface area (Å²) in [6.45, 7) is 4.84. The number of aromatic nitrogens is 4. The van der Waals surface area contributed by atoms with E-state index in [1.807, 2.05) is 49.0 Å². The number of anilines is 1. The van der Waals surface area contributed by atoms with Gasteiger partial charge < -0.3 is 14.6 Å². The standard InChI is InChI=1S/C16H19N5O2/c1-4-21-10-13(9-17-21)18-11(2)16-19-15(20-23-16)12-5-7-14(22-3)8-6-12/h5-11,18H,4H2,1-3H3. The maximum atomic E-state index is 5.36. The Morgan fingerprint density at radius 2 is 2.09 bits per heavy atom. The van der Waals surface area contributed by atoms with E-state index in [0.717, 1.165) is 23.5 Å². The van der Waals surface area contributed by atoms with Crippen molar-refractivity contribution in [1.82, 2.24) is 19.9 Å². The van der Waals surface area contributed by atoms with Crippen LogP contribution in [0.4, 0.5) is 5.69 Å². The molecule has 7 nitrogen and oxygen atoms in total. The van der Waals surface area contributed by atoms with Crippen molar-refractivity contribution in [2.24, 2.45) is 0 Å². The first kappa shape index (κ1) is 15.1. The Morgan fingerprint density at radius 3 is 2.74 bits per heavy atom. The molecule has 1 N–H and O–H groups in total. The predicted molar refractivity (Wildman–Crippen MR) is 86.2 cm³/mol. The molecule has 0 aliphatic heterocycles. The molecule has 0 aliphatic rings. The molecule has 2 aromatic heterocycles. The number of nitrogens with one attached hydrogen (secondary N) is 1. The molecule has 0 spiro atoms. The molecule has 3 aromatic rings. The van der Waals surface area contributed by atoms with Crippen LogP contribution in [0, 0.1) is 0 Å². The number of benzene rings is 1. The Bertz CT molecular complexity index is 763. The molecular formula is C16H19N5O2. The summed E-state index contributed by atoms with van der Waals surface area (Å²) in [6.07, 6.45) is 3.72. The number of nitrogens with zero attached hydrogens (tertiary/aromatic N) is 4. The van der Waals surface area contributed by atoms with E-state index in [9.17, 15) is 0 Å². The monoisotopic (exact) mass is 313 g/mol. The number of methoxy groups -OCH3 is 1. The lowest BCUT2D eigenvalue weighted by Crippen LogP contribution is -2.06. The Labute approximate surface area is 134 Å². The van der Waals surface area contributed by atoms with Crippen molar-refractivity contribution in [3.8, 4) is 17.1 Å². The number of aryl methyl sites for hydroxylation is 1. The SMILES string of the molecule is CCn1cc(NC(C)c2nc(-c3ccc(OC)cc3)no2)cn1. The van der Waals surface area contributed by atoms with E-state index in [0.29, 0.717) is 11.7 Å². The van der Waals surface area contributed by atoms with Crippen LogP contribution in [0.5, 0.6) is 5.75 Å². The zero-order valence-corrected chi connectivity index (χ0v) is 13.4. The van der Waals surface area contributed by atoms with E-state index in [1.165, 1.54) is 0 Å². The van der Waals surface area contributed by atoms with Gasteiger partial charge in [0.25, 0.3) is 0 Å². The Hall–Kier alpha value is -2.83. The van der Waals surface area contributed by atoms with Crippen LogP contribution in [0.2, 0.25) is 0 Å². The minimum atomic E-state index is -0.107. The third-order valence-electron chi connectivity index (χ3n) is 3.50. The van der Waals surface area contributed by atoms with Crippen LogP contribution in [0.25, 0.3) is 11.4 Å². The fraction of sp³-hybridized carbons (Fsp3) is 0.312. The summed E-state index contributed by atoms with van der Waals surface area (Å²) < 4.78 is 12.4.